The lowest BCUT2D eigenvalue weighted by Crippen LogP contribution is -2.34. The summed E-state index contributed by atoms with van der Waals surface area (Å²) in [4.78, 5) is 0. The number of ether oxygens (including phenoxy) is 1. The average Bonchev–Trinajstić information content (AvgIpc) is 0.816. The zero-order valence-corrected chi connectivity index (χ0v) is 84.7. The fourth-order valence-electron chi connectivity index (χ4n) is 17.9. The minimum Gasteiger partial charge on any atom is -0.457 e. The number of hydrogen-bond acceptors (Lipinski definition) is 1. The van der Waals surface area contributed by atoms with Crippen molar-refractivity contribution in [2.75, 3.05) is 0 Å². The van der Waals surface area contributed by atoms with E-state index in [0.717, 1.165) is 77.1 Å². The predicted octanol–water partition coefficient (Wildman–Crippen LogP) is 39.1. The molecule has 0 bridgehead atoms. The van der Waals surface area contributed by atoms with Gasteiger partial charge in [-0.25, -0.2) is 0 Å². The molecule has 1 nitrogen and oxygen atoms in total. The van der Waals surface area contributed by atoms with Gasteiger partial charge in [-0.3, -0.25) is 0 Å². The molecule has 124 heavy (non-hydrogen) atoms. The van der Waals surface area contributed by atoms with Crippen LogP contribution in [0.15, 0.2) is 212 Å². The fourth-order valence-corrected chi connectivity index (χ4v) is 17.9. The molecule has 0 saturated heterocycles. The molecule has 5 fully saturated rings. The van der Waals surface area contributed by atoms with Crippen LogP contribution >= 0.6 is 0 Å². The van der Waals surface area contributed by atoms with Gasteiger partial charge in [0.15, 0.2) is 0 Å². The highest BCUT2D eigenvalue weighted by Gasteiger charge is 2.38. The Balaban J connectivity index is 0.000000685. The van der Waals surface area contributed by atoms with Crippen molar-refractivity contribution in [3.05, 3.63) is 307 Å². The van der Waals surface area contributed by atoms with E-state index in [1.807, 2.05) is 48.5 Å². The Labute approximate surface area is 770 Å². The molecule has 1 heteroatoms. The van der Waals surface area contributed by atoms with Gasteiger partial charge in [0.25, 0.3) is 0 Å². The van der Waals surface area contributed by atoms with Crippen molar-refractivity contribution in [1.29, 1.82) is 0 Å². The van der Waals surface area contributed by atoms with Gasteiger partial charge in [0.2, 0.25) is 0 Å². The second kappa shape index (κ2) is 62.1. The summed E-state index contributed by atoms with van der Waals surface area (Å²) in [6.07, 6.45) is 32.9. The zero-order valence-electron chi connectivity index (χ0n) is 84.7. The highest BCUT2D eigenvalue weighted by molar-refractivity contribution is 5.40. The van der Waals surface area contributed by atoms with Crippen molar-refractivity contribution in [3.63, 3.8) is 0 Å². The lowest BCUT2D eigenvalue weighted by atomic mass is 9.60. The summed E-state index contributed by atoms with van der Waals surface area (Å²) in [6, 6.07) is 74.6. The van der Waals surface area contributed by atoms with E-state index in [1.54, 1.807) is 0 Å². The van der Waals surface area contributed by atoms with Gasteiger partial charge in [-0.15, -0.1) is 0 Å². The van der Waals surface area contributed by atoms with E-state index in [4.69, 9.17) is 4.74 Å². The van der Waals surface area contributed by atoms with E-state index in [-0.39, 0.29) is 20.3 Å². The normalized spacial score (nSPS) is 21.2. The van der Waals surface area contributed by atoms with Crippen LogP contribution in [0.5, 0.6) is 11.5 Å². The molecule has 0 N–H and O–H groups in total. The Morgan fingerprint density at radius 3 is 0.903 bits per heavy atom. The van der Waals surface area contributed by atoms with Crippen molar-refractivity contribution in [3.8, 4) is 11.5 Å². The zero-order chi connectivity index (χ0) is 91.0. The van der Waals surface area contributed by atoms with Crippen LogP contribution in [0.4, 0.5) is 0 Å². The first-order valence-corrected chi connectivity index (χ1v) is 48.9. The monoisotopic (exact) mass is 1690 g/mol. The molecule has 9 aromatic rings. The first-order chi connectivity index (χ1) is 57.7. The highest BCUT2D eigenvalue weighted by Crippen LogP contribution is 2.50. The van der Waals surface area contributed by atoms with Crippen LogP contribution in [0.25, 0.3) is 0 Å². The lowest BCUT2D eigenvalue weighted by molar-refractivity contribution is 0.0581. The van der Waals surface area contributed by atoms with Gasteiger partial charge in [0.05, 0.1) is 0 Å². The molecule has 0 radical (unpaired) electrons. The fraction of sp³-hybridized carbons (Fsp3) is 0.561. The van der Waals surface area contributed by atoms with Gasteiger partial charge in [0, 0.05) is 5.41 Å². The highest BCUT2D eigenvalue weighted by atomic mass is 16.5. The van der Waals surface area contributed by atoms with Crippen molar-refractivity contribution < 1.29 is 4.74 Å². The molecule has 0 spiro atoms. The number of rotatable bonds is 9. The van der Waals surface area contributed by atoms with E-state index in [0.29, 0.717) is 10.8 Å². The number of hydrogen-bond donors (Lipinski definition) is 0. The van der Waals surface area contributed by atoms with E-state index in [2.05, 4.69) is 378 Å². The summed E-state index contributed by atoms with van der Waals surface area (Å²) in [5.74, 6) is 11.9. The molecule has 14 rings (SSSR count). The Bertz CT molecular complexity index is 3780. The molecule has 0 amide bonds. The molecule has 7 atom stereocenters. The molecule has 5 aliphatic carbocycles. The minimum atomic E-state index is 0. The maximum absolute atomic E-state index is 5.69. The van der Waals surface area contributed by atoms with Crippen LogP contribution in [0, 0.1) is 160 Å². The van der Waals surface area contributed by atoms with E-state index >= 15 is 0 Å². The first kappa shape index (κ1) is 115. The summed E-state index contributed by atoms with van der Waals surface area (Å²) in [5.41, 5.74) is 24.0. The van der Waals surface area contributed by atoms with Gasteiger partial charge in [0.1, 0.15) is 11.5 Å². The van der Waals surface area contributed by atoms with Gasteiger partial charge in [-0.1, -0.05) is 492 Å². The van der Waals surface area contributed by atoms with Crippen LogP contribution in [0.3, 0.4) is 0 Å². The molecular weight excluding hydrogens is 1490 g/mol. The Morgan fingerprint density at radius 1 is 0.323 bits per heavy atom. The smallest absolute Gasteiger partial charge is 0.127 e. The second-order valence-corrected chi connectivity index (χ2v) is 41.1. The molecule has 0 aliphatic heterocycles. The molecule has 690 valence electrons. The molecule has 5 aliphatic rings. The second-order valence-electron chi connectivity index (χ2n) is 41.1. The topological polar surface area (TPSA) is 9.23 Å². The summed E-state index contributed by atoms with van der Waals surface area (Å²) in [5, 5.41) is 0. The van der Waals surface area contributed by atoms with Crippen LogP contribution < -0.4 is 4.74 Å². The van der Waals surface area contributed by atoms with E-state index < -0.39 is 0 Å². The summed E-state index contributed by atoms with van der Waals surface area (Å²) < 4.78 is 5.69. The maximum Gasteiger partial charge on any atom is 0.127 e. The largest absolute Gasteiger partial charge is 0.457 e. The summed E-state index contributed by atoms with van der Waals surface area (Å²) in [6.45, 7) is 69.6. The third-order valence-electron chi connectivity index (χ3n) is 26.7. The Hall–Kier alpha value is -7.22. The van der Waals surface area contributed by atoms with Crippen LogP contribution in [0.1, 0.15) is 375 Å². The summed E-state index contributed by atoms with van der Waals surface area (Å²) in [7, 11) is 0. The molecule has 0 heterocycles. The van der Waals surface area contributed by atoms with Crippen LogP contribution in [-0.2, 0) is 11.8 Å². The van der Waals surface area contributed by atoms with Gasteiger partial charge >= 0.3 is 0 Å². The van der Waals surface area contributed by atoms with Crippen molar-refractivity contribution in [2.45, 2.75) is 383 Å². The molecule has 0 aromatic heterocycles. The van der Waals surface area contributed by atoms with Crippen LogP contribution in [0.2, 0.25) is 0 Å². The molecule has 7 unspecified atom stereocenters. The lowest BCUT2D eigenvalue weighted by Gasteiger charge is -2.45. The SMILES string of the molecule is C.C.CC1CCC(C)C(C)C1.CC1CCC(C)CC1.CC1CCCC(C)C1.CCC.CCC1(C)CC(C)CC(C)(C)C1.CCC1CCC(CC)CC1.Cc1ccc(C(C)(C)c2ccc(C)cc2)cc1.Cc1ccc(C)cc1.Cc1ccc(Cc2ccc(C)cc2)cc1.Cc1ccc(Oc2ccc(C)cc2)cc1.Cc1cccc(C)c1.Cc1cccc(C)c1C. The Kier molecular flexibility index (Phi) is 57.4. The van der Waals surface area contributed by atoms with Gasteiger partial charge < -0.3 is 4.74 Å². The van der Waals surface area contributed by atoms with Gasteiger partial charge in [-0.2, -0.15) is 0 Å². The first-order valence-electron chi connectivity index (χ1n) is 48.9. The number of aryl methyl sites for hydroxylation is 12. The average molecular weight is 1690 g/mol. The maximum atomic E-state index is 5.69. The predicted molar refractivity (Wildman–Crippen MR) is 560 cm³/mol. The van der Waals surface area contributed by atoms with Crippen LogP contribution in [-0.4, -0.2) is 0 Å². The Morgan fingerprint density at radius 2 is 0.629 bits per heavy atom. The van der Waals surface area contributed by atoms with Crippen molar-refractivity contribution in [2.24, 2.45) is 70.0 Å². The summed E-state index contributed by atoms with van der Waals surface area (Å²) >= 11 is 0. The van der Waals surface area contributed by atoms with E-state index in [1.165, 1.54) is 236 Å². The third-order valence-corrected chi connectivity index (χ3v) is 26.7. The van der Waals surface area contributed by atoms with Crippen molar-refractivity contribution in [1.82, 2.24) is 0 Å². The molecular formula is C123H192O. The van der Waals surface area contributed by atoms with E-state index in [9.17, 15) is 0 Å². The van der Waals surface area contributed by atoms with Crippen molar-refractivity contribution >= 4 is 0 Å². The quantitative estimate of drug-likeness (QED) is 0.140. The standard InChI is InChI=1S/C17H20.C15H16.C14H14O.C12H24.C10H20.C9H18.C9H12.C8H16.C8H10.C8H16.C8H10.C3H8.2CH4/c1-13-5-9-15(10-6-13)17(3,4)16-11-7-14(2)8-12-16;1-12-3-7-14(8-4-12)11-15-9-5-13(2)6-10-15;1-11-3-7-13(8-4-11)15-14-9-5-12(2)6-10-14;1-6-12(5)8-10(2)7-11(3,4)9-12;1-3-9-5-7-10(4-2)8-6-9;1-7-4-5-8(2)9(3)6-7;1-7-5-4-6-8(2)9(7)3;2*1-7-3-5-8(2)6-4-7;2*1-7-4-3-5-8(2)6-7;1-3-2;;/h5-12H,1-4H3;3-10H,11H2,1-2H3;3-10H,1-2H3;10H,6-9H2,1-5H3;9-10H,3-8H2,1-2H3;7-9H,4-6H2,1-3H3;4-6H,1-3H3;7-8H,3-6H2,1-2H3;3-6H,1-2H3;7-8H,3-6H2,1-2H3;3-6H,1-2H3;3H2,1-2H3;2*1H4. The number of benzene rings is 9. The van der Waals surface area contributed by atoms with Gasteiger partial charge in [-0.05, 0) is 262 Å². The molecule has 9 aromatic carbocycles. The minimum absolute atomic E-state index is 0. The molecule has 5 saturated carbocycles. The third kappa shape index (κ3) is 49.8.